The molecule has 35 heavy (non-hydrogen) atoms. The van der Waals surface area contributed by atoms with E-state index in [2.05, 4.69) is 10.6 Å². The molecule has 3 aromatic carbocycles. The summed E-state index contributed by atoms with van der Waals surface area (Å²) < 4.78 is 1.88. The summed E-state index contributed by atoms with van der Waals surface area (Å²) in [6, 6.07) is 23.8. The second-order valence-corrected chi connectivity index (χ2v) is 8.52. The molecule has 0 radical (unpaired) electrons. The van der Waals surface area contributed by atoms with Gasteiger partial charge in [0, 0.05) is 24.8 Å². The summed E-state index contributed by atoms with van der Waals surface area (Å²) >= 11 is 0. The van der Waals surface area contributed by atoms with Crippen LogP contribution in [0.3, 0.4) is 0 Å². The molecule has 0 fully saturated rings. The first kappa shape index (κ1) is 22.3. The normalized spacial score (nSPS) is 14.7. The minimum Gasteiger partial charge on any atom is -0.326 e. The molecule has 8 nitrogen and oxygen atoms in total. The zero-order valence-corrected chi connectivity index (χ0v) is 19.3. The predicted molar refractivity (Wildman–Crippen MR) is 135 cm³/mol. The van der Waals surface area contributed by atoms with Crippen molar-refractivity contribution < 1.29 is 14.4 Å². The number of carbonyl (C=O) groups excluding carboxylic acids is 3. The Morgan fingerprint density at radius 3 is 2.26 bits per heavy atom. The lowest BCUT2D eigenvalue weighted by atomic mass is 10.1. The SMILES string of the molecule is CC(=O)Nc1ccc(NC(=O)C[C@H]2C(=O)N(CCc3ccccc3)c3nc4ccccc4n32)cc1. The molecule has 1 aliphatic rings. The number of rotatable bonds is 7. The lowest BCUT2D eigenvalue weighted by Gasteiger charge is -2.16. The van der Waals surface area contributed by atoms with Crippen LogP contribution in [0.1, 0.15) is 24.9 Å². The first-order valence-electron chi connectivity index (χ1n) is 11.5. The number of amides is 3. The van der Waals surface area contributed by atoms with Crippen LogP contribution in [0.4, 0.5) is 17.3 Å². The van der Waals surface area contributed by atoms with Gasteiger partial charge in [-0.25, -0.2) is 4.98 Å². The van der Waals surface area contributed by atoms with Gasteiger partial charge in [0.15, 0.2) is 0 Å². The fraction of sp³-hybridized carbons (Fsp3) is 0.185. The molecule has 0 spiro atoms. The van der Waals surface area contributed by atoms with E-state index in [1.165, 1.54) is 6.92 Å². The number of nitrogens with zero attached hydrogens (tertiary/aromatic N) is 3. The molecule has 1 aromatic heterocycles. The number of imidazole rings is 1. The predicted octanol–water partition coefficient (Wildman–Crippen LogP) is 4.15. The van der Waals surface area contributed by atoms with Gasteiger partial charge in [0.05, 0.1) is 17.5 Å². The lowest BCUT2D eigenvalue weighted by Crippen LogP contribution is -2.33. The van der Waals surface area contributed by atoms with Gasteiger partial charge in [-0.3, -0.25) is 23.9 Å². The Balaban J connectivity index is 1.36. The van der Waals surface area contributed by atoms with E-state index in [0.29, 0.717) is 30.3 Å². The molecule has 5 rings (SSSR count). The van der Waals surface area contributed by atoms with Gasteiger partial charge in [-0.1, -0.05) is 42.5 Å². The third-order valence-electron chi connectivity index (χ3n) is 6.02. The van der Waals surface area contributed by atoms with Gasteiger partial charge in [0.25, 0.3) is 5.91 Å². The molecule has 2 N–H and O–H groups in total. The minimum atomic E-state index is -0.674. The van der Waals surface area contributed by atoms with Crippen molar-refractivity contribution in [3.05, 3.63) is 84.4 Å². The maximum atomic E-state index is 13.5. The smallest absolute Gasteiger partial charge is 0.253 e. The van der Waals surface area contributed by atoms with Crippen molar-refractivity contribution in [2.24, 2.45) is 0 Å². The van der Waals surface area contributed by atoms with Crippen LogP contribution in [0, 0.1) is 0 Å². The molecule has 4 aromatic rings. The summed E-state index contributed by atoms with van der Waals surface area (Å²) in [5.41, 5.74) is 3.98. The van der Waals surface area contributed by atoms with Gasteiger partial charge >= 0.3 is 0 Å². The molecule has 0 saturated carbocycles. The zero-order valence-electron chi connectivity index (χ0n) is 19.3. The number of fused-ring (bicyclic) bond motifs is 3. The third-order valence-corrected chi connectivity index (χ3v) is 6.02. The van der Waals surface area contributed by atoms with Gasteiger partial charge in [0.2, 0.25) is 17.8 Å². The van der Waals surface area contributed by atoms with Gasteiger partial charge in [-0.15, -0.1) is 0 Å². The number of aromatic nitrogens is 2. The van der Waals surface area contributed by atoms with E-state index in [1.54, 1.807) is 29.2 Å². The fourth-order valence-corrected chi connectivity index (χ4v) is 4.42. The van der Waals surface area contributed by atoms with E-state index in [-0.39, 0.29) is 24.1 Å². The van der Waals surface area contributed by atoms with Crippen molar-refractivity contribution in [2.75, 3.05) is 22.1 Å². The van der Waals surface area contributed by atoms with Crippen LogP contribution in [-0.2, 0) is 20.8 Å². The highest BCUT2D eigenvalue weighted by molar-refractivity contribution is 6.05. The number of anilines is 3. The Morgan fingerprint density at radius 1 is 0.886 bits per heavy atom. The number of carbonyl (C=O) groups is 3. The fourth-order valence-electron chi connectivity index (χ4n) is 4.42. The topological polar surface area (TPSA) is 96.3 Å². The monoisotopic (exact) mass is 467 g/mol. The number of benzene rings is 3. The highest BCUT2D eigenvalue weighted by Gasteiger charge is 2.40. The Hall–Kier alpha value is -4.46. The first-order chi connectivity index (χ1) is 17.0. The molecular weight excluding hydrogens is 442 g/mol. The van der Waals surface area contributed by atoms with E-state index >= 15 is 0 Å². The maximum Gasteiger partial charge on any atom is 0.253 e. The van der Waals surface area contributed by atoms with Crippen molar-refractivity contribution in [3.8, 4) is 0 Å². The second-order valence-electron chi connectivity index (χ2n) is 8.52. The Kier molecular flexibility index (Phi) is 6.01. The van der Waals surface area contributed by atoms with Crippen LogP contribution in [0.15, 0.2) is 78.9 Å². The summed E-state index contributed by atoms with van der Waals surface area (Å²) in [6.07, 6.45) is 0.677. The summed E-state index contributed by atoms with van der Waals surface area (Å²) in [5, 5.41) is 5.55. The summed E-state index contributed by atoms with van der Waals surface area (Å²) in [4.78, 5) is 44.0. The molecule has 1 atom stereocenters. The molecule has 3 amide bonds. The molecule has 1 aliphatic heterocycles. The van der Waals surface area contributed by atoms with Crippen molar-refractivity contribution >= 4 is 46.1 Å². The third kappa shape index (κ3) is 4.63. The van der Waals surface area contributed by atoms with E-state index in [0.717, 1.165) is 16.6 Å². The van der Waals surface area contributed by atoms with Crippen molar-refractivity contribution in [1.29, 1.82) is 0 Å². The maximum absolute atomic E-state index is 13.5. The van der Waals surface area contributed by atoms with E-state index in [9.17, 15) is 14.4 Å². The second kappa shape index (κ2) is 9.42. The number of hydrogen-bond donors (Lipinski definition) is 2. The lowest BCUT2D eigenvalue weighted by molar-refractivity contribution is -0.124. The average molecular weight is 468 g/mol. The number of nitrogens with one attached hydrogen (secondary N) is 2. The van der Waals surface area contributed by atoms with Gasteiger partial charge in [0.1, 0.15) is 6.04 Å². The van der Waals surface area contributed by atoms with Crippen LogP contribution in [0.2, 0.25) is 0 Å². The average Bonchev–Trinajstić information content (AvgIpc) is 3.34. The van der Waals surface area contributed by atoms with Crippen molar-refractivity contribution in [3.63, 3.8) is 0 Å². The van der Waals surface area contributed by atoms with Crippen LogP contribution in [0.5, 0.6) is 0 Å². The zero-order chi connectivity index (χ0) is 24.4. The van der Waals surface area contributed by atoms with Crippen LogP contribution >= 0.6 is 0 Å². The highest BCUT2D eigenvalue weighted by atomic mass is 16.2. The molecule has 0 unspecified atom stereocenters. The van der Waals surface area contributed by atoms with Crippen LogP contribution in [-0.4, -0.2) is 33.8 Å². The van der Waals surface area contributed by atoms with Crippen molar-refractivity contribution in [1.82, 2.24) is 9.55 Å². The van der Waals surface area contributed by atoms with E-state index in [4.69, 9.17) is 4.98 Å². The molecule has 176 valence electrons. The van der Waals surface area contributed by atoms with Gasteiger partial charge in [-0.05, 0) is 48.4 Å². The number of hydrogen-bond acceptors (Lipinski definition) is 4. The molecule has 8 heteroatoms. The quantitative estimate of drug-likeness (QED) is 0.427. The molecular formula is C27H25N5O3. The Morgan fingerprint density at radius 2 is 1.54 bits per heavy atom. The van der Waals surface area contributed by atoms with E-state index in [1.807, 2.05) is 59.2 Å². The van der Waals surface area contributed by atoms with Crippen molar-refractivity contribution in [2.45, 2.75) is 25.8 Å². The summed E-state index contributed by atoms with van der Waals surface area (Å²) in [6.45, 7) is 1.92. The first-order valence-corrected chi connectivity index (χ1v) is 11.5. The van der Waals surface area contributed by atoms with Crippen LogP contribution < -0.4 is 15.5 Å². The Labute approximate surface area is 202 Å². The highest BCUT2D eigenvalue weighted by Crippen LogP contribution is 2.36. The summed E-state index contributed by atoms with van der Waals surface area (Å²) in [7, 11) is 0. The molecule has 0 saturated heterocycles. The van der Waals surface area contributed by atoms with Crippen LogP contribution in [0.25, 0.3) is 11.0 Å². The minimum absolute atomic E-state index is 0.0124. The van der Waals surface area contributed by atoms with E-state index < -0.39 is 6.04 Å². The molecule has 0 aliphatic carbocycles. The van der Waals surface area contributed by atoms with Gasteiger partial charge < -0.3 is 10.6 Å². The summed E-state index contributed by atoms with van der Waals surface area (Å²) in [5.74, 6) is 0.000844. The standard InChI is InChI=1S/C27H25N5O3/c1-18(33)28-20-11-13-21(14-12-20)29-25(34)17-24-26(35)31(16-15-19-7-3-2-4-8-19)27-30-22-9-5-6-10-23(22)32(24)27/h2-14,24H,15-17H2,1H3,(H,28,33)(H,29,34)/t24-/m0/s1. The molecule has 0 bridgehead atoms. The Bertz CT molecular complexity index is 1400. The van der Waals surface area contributed by atoms with Gasteiger partial charge in [-0.2, -0.15) is 0 Å². The molecule has 2 heterocycles. The number of para-hydroxylation sites is 2. The largest absolute Gasteiger partial charge is 0.326 e.